The lowest BCUT2D eigenvalue weighted by Crippen LogP contribution is -1.97. The van der Waals surface area contributed by atoms with Crippen molar-refractivity contribution in [1.82, 2.24) is 14.8 Å². The van der Waals surface area contributed by atoms with Crippen molar-refractivity contribution in [2.75, 3.05) is 0 Å². The normalized spacial score (nSPS) is 10.6. The minimum absolute atomic E-state index is 0.369. The van der Waals surface area contributed by atoms with Gasteiger partial charge in [-0.2, -0.15) is 0 Å². The Hall–Kier alpha value is -0.870. The molecule has 5 heteroatoms. The Kier molecular flexibility index (Phi) is 3.07. The van der Waals surface area contributed by atoms with Crippen LogP contribution in [0.3, 0.4) is 0 Å². The molecular formula is C10H9BrClN3. The van der Waals surface area contributed by atoms with Crippen LogP contribution in [-0.4, -0.2) is 14.8 Å². The lowest BCUT2D eigenvalue weighted by molar-refractivity contribution is 0.853. The van der Waals surface area contributed by atoms with Crippen molar-refractivity contribution < 1.29 is 0 Å². The lowest BCUT2D eigenvalue weighted by Gasteiger charge is -2.03. The maximum absolute atomic E-state index is 5.74. The fraction of sp³-hybridized carbons (Fsp3) is 0.200. The molecule has 0 aliphatic carbocycles. The Morgan fingerprint density at radius 3 is 2.67 bits per heavy atom. The van der Waals surface area contributed by atoms with Gasteiger partial charge in [0.1, 0.15) is 5.82 Å². The maximum atomic E-state index is 5.74. The van der Waals surface area contributed by atoms with E-state index in [1.54, 1.807) is 0 Å². The monoisotopic (exact) mass is 285 g/mol. The summed E-state index contributed by atoms with van der Waals surface area (Å²) in [5.74, 6) is 1.95. The van der Waals surface area contributed by atoms with Gasteiger partial charge in [-0.15, -0.1) is 21.8 Å². The van der Waals surface area contributed by atoms with Crippen LogP contribution < -0.4 is 0 Å². The highest BCUT2D eigenvalue weighted by molar-refractivity contribution is 9.10. The van der Waals surface area contributed by atoms with Crippen LogP contribution in [0.2, 0.25) is 0 Å². The van der Waals surface area contributed by atoms with Gasteiger partial charge in [0.25, 0.3) is 0 Å². The van der Waals surface area contributed by atoms with Crippen LogP contribution in [0, 0.1) is 0 Å². The molecule has 2 aromatic rings. The van der Waals surface area contributed by atoms with E-state index in [1.165, 1.54) is 0 Å². The van der Waals surface area contributed by atoms with Crippen LogP contribution in [0.15, 0.2) is 28.7 Å². The van der Waals surface area contributed by atoms with Crippen LogP contribution in [0.4, 0.5) is 0 Å². The predicted octanol–water partition coefficient (Wildman–Crippen LogP) is 2.98. The van der Waals surface area contributed by atoms with Crippen molar-refractivity contribution in [3.8, 4) is 11.4 Å². The molecular weight excluding hydrogens is 277 g/mol. The Bertz CT molecular complexity index is 481. The molecule has 78 valence electrons. The predicted molar refractivity (Wildman–Crippen MR) is 63.7 cm³/mol. The maximum Gasteiger partial charge on any atom is 0.164 e. The third-order valence-corrected chi connectivity index (χ3v) is 3.13. The van der Waals surface area contributed by atoms with Gasteiger partial charge in [-0.1, -0.05) is 34.1 Å². The quantitative estimate of drug-likeness (QED) is 0.795. The second kappa shape index (κ2) is 4.33. The topological polar surface area (TPSA) is 30.7 Å². The molecule has 0 fully saturated rings. The van der Waals surface area contributed by atoms with Crippen molar-refractivity contribution in [3.63, 3.8) is 0 Å². The lowest BCUT2D eigenvalue weighted by atomic mass is 10.2. The van der Waals surface area contributed by atoms with Crippen LogP contribution in [0.25, 0.3) is 11.4 Å². The Morgan fingerprint density at radius 1 is 1.33 bits per heavy atom. The number of nitrogens with zero attached hydrogens (tertiary/aromatic N) is 3. The van der Waals surface area contributed by atoms with Gasteiger partial charge in [0, 0.05) is 17.1 Å². The fourth-order valence-electron chi connectivity index (χ4n) is 1.35. The standard InChI is InChI=1S/C10H9BrClN3/c1-15-9(6-12)13-14-10(15)7-4-2-3-5-8(7)11/h2-5H,6H2,1H3. The Morgan fingerprint density at radius 2 is 2.07 bits per heavy atom. The first-order valence-electron chi connectivity index (χ1n) is 4.43. The number of benzene rings is 1. The van der Waals surface area contributed by atoms with Gasteiger partial charge < -0.3 is 4.57 Å². The van der Waals surface area contributed by atoms with E-state index in [9.17, 15) is 0 Å². The fourth-order valence-corrected chi connectivity index (χ4v) is 2.05. The van der Waals surface area contributed by atoms with E-state index < -0.39 is 0 Å². The average Bonchev–Trinajstić information content (AvgIpc) is 2.60. The van der Waals surface area contributed by atoms with E-state index in [-0.39, 0.29) is 0 Å². The third kappa shape index (κ3) is 1.92. The van der Waals surface area contributed by atoms with Gasteiger partial charge in [-0.3, -0.25) is 0 Å². The molecule has 0 N–H and O–H groups in total. The summed E-state index contributed by atoms with van der Waals surface area (Å²) in [4.78, 5) is 0. The third-order valence-electron chi connectivity index (χ3n) is 2.20. The number of hydrogen-bond donors (Lipinski definition) is 0. The summed E-state index contributed by atoms with van der Waals surface area (Å²) in [5, 5.41) is 8.13. The molecule has 0 saturated heterocycles. The van der Waals surface area contributed by atoms with Gasteiger partial charge in [-0.05, 0) is 6.07 Å². The number of halogens is 2. The van der Waals surface area contributed by atoms with Crippen LogP contribution in [0.1, 0.15) is 5.82 Å². The molecule has 0 spiro atoms. The highest BCUT2D eigenvalue weighted by Crippen LogP contribution is 2.26. The van der Waals surface area contributed by atoms with Gasteiger partial charge >= 0.3 is 0 Å². The molecule has 0 atom stereocenters. The van der Waals surface area contributed by atoms with Crippen LogP contribution in [-0.2, 0) is 12.9 Å². The molecule has 3 nitrogen and oxygen atoms in total. The first-order chi connectivity index (χ1) is 7.24. The first-order valence-corrected chi connectivity index (χ1v) is 5.76. The molecule has 0 aliphatic rings. The highest BCUT2D eigenvalue weighted by Gasteiger charge is 2.11. The second-order valence-corrected chi connectivity index (χ2v) is 4.23. The highest BCUT2D eigenvalue weighted by atomic mass is 79.9. The van der Waals surface area contributed by atoms with E-state index in [0.717, 1.165) is 21.7 Å². The van der Waals surface area contributed by atoms with Crippen LogP contribution >= 0.6 is 27.5 Å². The van der Waals surface area contributed by atoms with E-state index in [4.69, 9.17) is 11.6 Å². The molecule has 0 radical (unpaired) electrons. The van der Waals surface area contributed by atoms with E-state index in [2.05, 4.69) is 26.1 Å². The summed E-state index contributed by atoms with van der Waals surface area (Å²) in [6.45, 7) is 0. The summed E-state index contributed by atoms with van der Waals surface area (Å²) in [5.41, 5.74) is 1.02. The van der Waals surface area contributed by atoms with Crippen molar-refractivity contribution in [3.05, 3.63) is 34.6 Å². The second-order valence-electron chi connectivity index (χ2n) is 3.11. The zero-order chi connectivity index (χ0) is 10.8. The molecule has 1 aromatic carbocycles. The summed E-state index contributed by atoms with van der Waals surface area (Å²) in [6.07, 6.45) is 0. The SMILES string of the molecule is Cn1c(CCl)nnc1-c1ccccc1Br. The number of aromatic nitrogens is 3. The molecule has 0 bridgehead atoms. The van der Waals surface area contributed by atoms with E-state index >= 15 is 0 Å². The van der Waals surface area contributed by atoms with Crippen molar-refractivity contribution in [1.29, 1.82) is 0 Å². The largest absolute Gasteiger partial charge is 0.313 e. The summed E-state index contributed by atoms with van der Waals surface area (Å²) < 4.78 is 2.90. The van der Waals surface area contributed by atoms with Gasteiger partial charge in [0.15, 0.2) is 5.82 Å². The van der Waals surface area contributed by atoms with Crippen molar-refractivity contribution in [2.45, 2.75) is 5.88 Å². The summed E-state index contributed by atoms with van der Waals surface area (Å²) in [6, 6.07) is 7.90. The molecule has 15 heavy (non-hydrogen) atoms. The minimum Gasteiger partial charge on any atom is -0.313 e. The van der Waals surface area contributed by atoms with Gasteiger partial charge in [0.05, 0.1) is 5.88 Å². The number of alkyl halides is 1. The van der Waals surface area contributed by atoms with Crippen molar-refractivity contribution in [2.24, 2.45) is 7.05 Å². The number of rotatable bonds is 2. The van der Waals surface area contributed by atoms with E-state index in [0.29, 0.717) is 5.88 Å². The van der Waals surface area contributed by atoms with E-state index in [1.807, 2.05) is 35.9 Å². The minimum atomic E-state index is 0.369. The summed E-state index contributed by atoms with van der Waals surface area (Å²) >= 11 is 9.22. The summed E-state index contributed by atoms with van der Waals surface area (Å²) in [7, 11) is 1.91. The molecule has 0 unspecified atom stereocenters. The smallest absolute Gasteiger partial charge is 0.164 e. The molecule has 0 aliphatic heterocycles. The Balaban J connectivity index is 2.55. The number of hydrogen-bond acceptors (Lipinski definition) is 2. The molecule has 2 rings (SSSR count). The Labute approximate surface area is 101 Å². The van der Waals surface area contributed by atoms with Gasteiger partial charge in [0.2, 0.25) is 0 Å². The molecule has 0 amide bonds. The van der Waals surface area contributed by atoms with Gasteiger partial charge in [-0.25, -0.2) is 0 Å². The molecule has 1 aromatic heterocycles. The zero-order valence-corrected chi connectivity index (χ0v) is 10.5. The molecule has 1 heterocycles. The molecule has 0 saturated carbocycles. The zero-order valence-electron chi connectivity index (χ0n) is 8.11. The average molecular weight is 287 g/mol. The first kappa shape index (κ1) is 10.6. The van der Waals surface area contributed by atoms with Crippen molar-refractivity contribution >= 4 is 27.5 Å². The van der Waals surface area contributed by atoms with Crippen LogP contribution in [0.5, 0.6) is 0 Å².